The first kappa shape index (κ1) is 92.3. The van der Waals surface area contributed by atoms with E-state index < -0.39 is 156 Å². The number of ketones is 1. The quantitative estimate of drug-likeness (QED) is 0.0403. The Morgan fingerprint density at radius 3 is 1.00 bits per heavy atom. The molecular weight excluding hydrogens is 1480 g/mol. The van der Waals surface area contributed by atoms with Crippen LogP contribution in [0.2, 0.25) is 0 Å². The largest absolute Gasteiger partial charge is 0.455 e. The van der Waals surface area contributed by atoms with Crippen LogP contribution in [0, 0.1) is 68.1 Å². The van der Waals surface area contributed by atoms with E-state index in [2.05, 4.69) is 26.3 Å². The van der Waals surface area contributed by atoms with Crippen LogP contribution in [0.4, 0.5) is 0 Å². The topological polar surface area (TPSA) is 353 Å². The second-order valence-electron chi connectivity index (χ2n) is 30.8. The van der Waals surface area contributed by atoms with Crippen molar-refractivity contribution in [3.63, 3.8) is 0 Å². The third kappa shape index (κ3) is 21.3. The van der Waals surface area contributed by atoms with E-state index in [1.165, 1.54) is 62.4 Å². The maximum Gasteiger partial charge on any atom is 0.305 e. The van der Waals surface area contributed by atoms with Crippen molar-refractivity contribution < 1.29 is 124 Å². The molecule has 0 radical (unpaired) electrons. The van der Waals surface area contributed by atoms with Gasteiger partial charge in [0.2, 0.25) is 6.29 Å². The molecule has 1 unspecified atom stereocenters. The van der Waals surface area contributed by atoms with E-state index in [-0.39, 0.29) is 76.3 Å². The van der Waals surface area contributed by atoms with Gasteiger partial charge in [0.1, 0.15) is 58.7 Å². The zero-order valence-corrected chi connectivity index (χ0v) is 69.1. The molecule has 27 nitrogen and oxygen atoms in total. The molecule has 7 aliphatic heterocycles. The van der Waals surface area contributed by atoms with Crippen LogP contribution < -0.4 is 0 Å². The van der Waals surface area contributed by atoms with Gasteiger partial charge in [-0.05, 0) is 98.7 Å². The molecule has 0 saturated carbocycles. The second-order valence-corrected chi connectivity index (χ2v) is 35.6. The van der Waals surface area contributed by atoms with Crippen LogP contribution in [0.1, 0.15) is 141 Å². The van der Waals surface area contributed by atoms with Crippen molar-refractivity contribution in [3.8, 4) is 0 Å². The van der Waals surface area contributed by atoms with Crippen LogP contribution in [0.5, 0.6) is 0 Å². The molecule has 0 amide bonds. The van der Waals surface area contributed by atoms with Crippen molar-refractivity contribution in [1.29, 1.82) is 0 Å². The van der Waals surface area contributed by atoms with Crippen molar-refractivity contribution in [2.24, 2.45) is 47.3 Å². The van der Waals surface area contributed by atoms with E-state index in [1.54, 1.807) is 76.2 Å². The number of rotatable bonds is 25. The van der Waals surface area contributed by atoms with Crippen molar-refractivity contribution in [2.75, 3.05) is 26.4 Å². The molecule has 7 fully saturated rings. The smallest absolute Gasteiger partial charge is 0.305 e. The fourth-order valence-electron chi connectivity index (χ4n) is 14.0. The Bertz CT molecular complexity index is 3830. The highest BCUT2D eigenvalue weighted by atomic mass is 32.2. The van der Waals surface area contributed by atoms with E-state index in [9.17, 15) is 55.0 Å². The lowest BCUT2D eigenvalue weighted by atomic mass is 9.78. The van der Waals surface area contributed by atoms with Crippen LogP contribution in [-0.4, -0.2) is 186 Å². The fraction of sp³-hybridized carbons (Fsp3) is 0.633. The molecule has 3 aromatic carbocycles. The molecule has 7 heterocycles. The van der Waals surface area contributed by atoms with Crippen molar-refractivity contribution in [2.45, 2.75) is 262 Å². The molecule has 3 aromatic rings. The normalized spacial score (nSPS) is 32.1. The third-order valence-electron chi connectivity index (χ3n) is 20.8. The number of hydrogen-bond acceptors (Lipinski definition) is 27. The van der Waals surface area contributed by atoms with Gasteiger partial charge < -0.3 is 72.2 Å². The SMILES string of the molecule is C=C[C@H](C)[C@@]1(COS(=O)(=O)c2ccc(C)cc2)OC(OC(C)=O)[C@H](OC(C)=O)[C@@H]1C.C=C[C@H](C)[C@@]1(COS(=O)(=O)c2ccc(C)cc2)O[C@@H]2OC(C)(C)O[C@@H]2[C@@H]1C.C=C[C@H](O)[C@@]1(CO)O[C@@H]2OC(C)(C)O[C@@H]2[C@@H]1C.C=C[C@H](O)[C@@]1(COS(=O)(=O)c2ccc(C)cc2)O[C@@H]2OC(C)(C)O[C@@H]2[C@@H]1C.CC(C)C(=O)C(C)C. The van der Waals surface area contributed by atoms with Gasteiger partial charge in [0.25, 0.3) is 30.4 Å². The van der Waals surface area contributed by atoms with Gasteiger partial charge in [0, 0.05) is 61.2 Å². The predicted molar refractivity (Wildman–Crippen MR) is 400 cm³/mol. The zero-order chi connectivity index (χ0) is 82.3. The summed E-state index contributed by atoms with van der Waals surface area (Å²) >= 11 is 0. The molecule has 3 N–H and O–H groups in total. The Labute approximate surface area is 644 Å². The van der Waals surface area contributed by atoms with E-state index >= 15 is 0 Å². The number of ether oxygens (including phenoxy) is 12. The van der Waals surface area contributed by atoms with E-state index in [1.807, 2.05) is 104 Å². The van der Waals surface area contributed by atoms with Gasteiger partial charge in [-0.1, -0.05) is 147 Å². The Hall–Kier alpha value is -5.56. The highest BCUT2D eigenvalue weighted by molar-refractivity contribution is 7.87. The summed E-state index contributed by atoms with van der Waals surface area (Å²) < 4.78 is 161. The minimum absolute atomic E-state index is 0.00762. The first-order valence-corrected chi connectivity index (χ1v) is 40.6. The van der Waals surface area contributed by atoms with Gasteiger partial charge in [-0.25, -0.2) is 0 Å². The molecule has 10 rings (SSSR count). The van der Waals surface area contributed by atoms with Gasteiger partial charge in [-0.3, -0.25) is 26.9 Å². The monoisotopic (exact) mass is 1590 g/mol. The summed E-state index contributed by atoms with van der Waals surface area (Å²) in [6, 6.07) is 19.1. The first-order valence-electron chi connectivity index (χ1n) is 36.4. The van der Waals surface area contributed by atoms with Gasteiger partial charge in [-0.2, -0.15) is 25.3 Å². The number of carbonyl (C=O) groups excluding carboxylic acids is 3. The summed E-state index contributed by atoms with van der Waals surface area (Å²) in [4.78, 5) is 34.1. The molecule has 0 bridgehead atoms. The zero-order valence-electron chi connectivity index (χ0n) is 66.7. The maximum atomic E-state index is 12.7. The number of hydrogen-bond donors (Lipinski definition) is 3. The van der Waals surface area contributed by atoms with Crippen LogP contribution in [0.25, 0.3) is 0 Å². The number of Topliss-reactive ketones (excluding diaryl/α,β-unsaturated/α-hetero) is 1. The number of esters is 2. The highest BCUT2D eigenvalue weighted by Crippen LogP contribution is 2.52. The summed E-state index contributed by atoms with van der Waals surface area (Å²) in [5, 5.41) is 30.0. The van der Waals surface area contributed by atoms with Crippen molar-refractivity contribution in [3.05, 3.63) is 140 Å². The molecule has 0 aromatic heterocycles. The lowest BCUT2D eigenvalue weighted by molar-refractivity contribution is -0.252. The summed E-state index contributed by atoms with van der Waals surface area (Å²) in [6.07, 6.45) is -1.16. The molecule has 612 valence electrons. The van der Waals surface area contributed by atoms with Gasteiger partial charge in [-0.15, -0.1) is 26.3 Å². The minimum Gasteiger partial charge on any atom is -0.455 e. The number of fused-ring (bicyclic) bond motifs is 3. The molecule has 0 spiro atoms. The molecule has 20 atom stereocenters. The number of benzene rings is 3. The Morgan fingerprint density at radius 1 is 0.431 bits per heavy atom. The summed E-state index contributed by atoms with van der Waals surface area (Å²) in [5.41, 5.74) is -1.80. The summed E-state index contributed by atoms with van der Waals surface area (Å²) in [5.74, 6) is -4.57. The molecule has 7 saturated heterocycles. The number of aliphatic hydroxyl groups excluding tert-OH is 3. The molecule has 109 heavy (non-hydrogen) atoms. The number of aliphatic hydroxyl groups is 3. The summed E-state index contributed by atoms with van der Waals surface area (Å²) in [7, 11) is -12.0. The predicted octanol–water partition coefficient (Wildman–Crippen LogP) is 10.6. The van der Waals surface area contributed by atoms with Gasteiger partial charge >= 0.3 is 11.9 Å². The lowest BCUT2D eigenvalue weighted by Gasteiger charge is -2.38. The average Bonchev–Trinajstić information content (AvgIpc) is 1.60. The number of carbonyl (C=O) groups is 3. The molecule has 30 heteroatoms. The third-order valence-corrected chi connectivity index (χ3v) is 24.7. The van der Waals surface area contributed by atoms with Crippen LogP contribution in [0.15, 0.2) is 138 Å². The Morgan fingerprint density at radius 2 is 0.716 bits per heavy atom. The van der Waals surface area contributed by atoms with Crippen LogP contribution in [-0.2, 0) is 114 Å². The van der Waals surface area contributed by atoms with E-state index in [0.29, 0.717) is 5.78 Å². The van der Waals surface area contributed by atoms with Crippen molar-refractivity contribution >= 4 is 48.1 Å². The average molecular weight is 1590 g/mol. The minimum atomic E-state index is -4.08. The summed E-state index contributed by atoms with van der Waals surface area (Å²) in [6.45, 7) is 51.2. The second kappa shape index (κ2) is 36.3. The molecular formula is C79H116O27S3. The standard InChI is InChI=1S/C21H28O8S.C20H28O6S.C19H26O7S.C12H20O5.C7H14O/c1-7-14(3)21(12-26-30(24,25)18-10-8-13(2)9-11-18)15(4)19(27-16(5)22)20(29-21)28-17(6)23;1-7-14(3)20(15(4)17-18(26-20)25-19(5,6)24-17)12-23-27(21,22)16-10-8-13(2)9-11-16;1-6-15(20)19(13(3)16-17(26-19)25-18(4,5)24-16)11-23-27(21,22)14-9-7-12(2)8-10-14;1-5-8(14)12(6-13)7(2)9-10(17-12)16-11(3,4)15-9;1-5(2)7(8)6(3)4/h7-11,14-15,19-20H,1,12H2,2-6H3;7-11,14-15,17-18H,1,12H2,2-6H3;6-10,13,15-17,20H,1,11H2,2-5H3;5,7-10,13-14H,1,6H2,2-4H3;5-6H,1-4H3/t14-,15-,19+,20?,21+;14-,15-,17+,18-,20+;13-,15-,16+,17-,19-;7-,8-,9+,10-,12-;/m0000./s1. The molecule has 7 aliphatic rings. The lowest BCUT2D eigenvalue weighted by Crippen LogP contribution is -2.52. The maximum absolute atomic E-state index is 12.7. The van der Waals surface area contributed by atoms with Gasteiger partial charge in [0.05, 0.1) is 41.1 Å². The van der Waals surface area contributed by atoms with Crippen LogP contribution >= 0.6 is 0 Å². The first-order chi connectivity index (χ1) is 50.3. The van der Waals surface area contributed by atoms with E-state index in [0.717, 1.165) is 16.7 Å². The fourth-order valence-corrected chi connectivity index (χ4v) is 16.8. The highest BCUT2D eigenvalue weighted by Gasteiger charge is 2.66. The number of aryl methyl sites for hydroxylation is 3. The van der Waals surface area contributed by atoms with Gasteiger partial charge in [0.15, 0.2) is 42.3 Å². The Kier molecular flexibility index (Phi) is 30.7. The van der Waals surface area contributed by atoms with E-state index in [4.69, 9.17) is 69.4 Å². The Balaban J connectivity index is 0.000000222. The van der Waals surface area contributed by atoms with Crippen molar-refractivity contribution in [1.82, 2.24) is 0 Å². The molecule has 0 aliphatic carbocycles. The van der Waals surface area contributed by atoms with Crippen LogP contribution in [0.3, 0.4) is 0 Å².